The van der Waals surface area contributed by atoms with E-state index in [4.69, 9.17) is 10.7 Å². The van der Waals surface area contributed by atoms with Crippen LogP contribution in [0.2, 0.25) is 0 Å². The number of alkyl halides is 2. The molecule has 4 N–H and O–H groups in total. The van der Waals surface area contributed by atoms with Crippen LogP contribution in [0, 0.1) is 5.41 Å². The van der Waals surface area contributed by atoms with Gasteiger partial charge in [-0.3, -0.25) is 13.9 Å². The lowest BCUT2D eigenvalue weighted by Crippen LogP contribution is -2.40. The van der Waals surface area contributed by atoms with Crippen LogP contribution in [0.4, 0.5) is 26.1 Å². The molecule has 0 radical (unpaired) electrons. The molecule has 13 heteroatoms. The summed E-state index contributed by atoms with van der Waals surface area (Å²) in [5.74, 6) is -3.45. The minimum Gasteiger partial charge on any atom is -0.395 e. The highest BCUT2D eigenvalue weighted by atomic mass is 32.2. The van der Waals surface area contributed by atoms with Crippen LogP contribution in [0.15, 0.2) is 36.5 Å². The predicted molar refractivity (Wildman–Crippen MR) is 153 cm³/mol. The number of aliphatic hydroxyl groups excluding tert-OH is 1. The molecular formula is C28H34F2N6O4S. The summed E-state index contributed by atoms with van der Waals surface area (Å²) in [6.45, 7) is 0.983. The van der Waals surface area contributed by atoms with E-state index < -0.39 is 34.2 Å². The molecule has 1 aliphatic carbocycles. The van der Waals surface area contributed by atoms with Gasteiger partial charge in [-0.15, -0.1) is 0 Å². The maximum Gasteiger partial charge on any atom is 0.251 e. The summed E-state index contributed by atoms with van der Waals surface area (Å²) in [6, 6.07) is 8.49. The quantitative estimate of drug-likeness (QED) is 0.367. The molecule has 2 saturated heterocycles. The second-order valence-corrected chi connectivity index (χ2v) is 13.3. The highest BCUT2D eigenvalue weighted by Crippen LogP contribution is 2.55. The monoisotopic (exact) mass is 588 g/mol. The molecule has 0 unspecified atom stereocenters. The number of carbonyl (C=O) groups excluding carboxylic acids is 1. The van der Waals surface area contributed by atoms with E-state index >= 15 is 0 Å². The van der Waals surface area contributed by atoms with Crippen LogP contribution in [-0.2, 0) is 10.0 Å². The molecule has 1 amide bonds. The Morgan fingerprint density at radius 3 is 2.34 bits per heavy atom. The number of piperidine rings is 2. The lowest BCUT2D eigenvalue weighted by atomic mass is 9.91. The van der Waals surface area contributed by atoms with Crippen molar-refractivity contribution < 1.29 is 27.1 Å². The first-order valence-corrected chi connectivity index (χ1v) is 15.6. The van der Waals surface area contributed by atoms with Gasteiger partial charge in [0, 0.05) is 50.8 Å². The average molecular weight is 589 g/mol. The molecule has 1 saturated carbocycles. The predicted octanol–water partition coefficient (Wildman–Crippen LogP) is 3.45. The van der Waals surface area contributed by atoms with Crippen LogP contribution >= 0.6 is 0 Å². The third-order valence-electron chi connectivity index (χ3n) is 8.70. The summed E-state index contributed by atoms with van der Waals surface area (Å²) < 4.78 is 58.1. The van der Waals surface area contributed by atoms with E-state index in [1.165, 1.54) is 25.0 Å². The fraction of sp³-hybridized carbons (Fsp3) is 0.500. The third-order valence-corrected chi connectivity index (χ3v) is 9.95. The summed E-state index contributed by atoms with van der Waals surface area (Å²) in [5.41, 5.74) is 8.66. The van der Waals surface area contributed by atoms with E-state index in [-0.39, 0.29) is 37.2 Å². The highest BCUT2D eigenvalue weighted by molar-refractivity contribution is 7.92. The fourth-order valence-electron chi connectivity index (χ4n) is 6.10. The molecule has 10 nitrogen and oxygen atoms in total. The van der Waals surface area contributed by atoms with Gasteiger partial charge in [0.25, 0.3) is 11.8 Å². The molecule has 2 aromatic heterocycles. The fourth-order valence-corrected chi connectivity index (χ4v) is 6.94. The first kappa shape index (κ1) is 27.7. The zero-order valence-corrected chi connectivity index (χ0v) is 23.5. The van der Waals surface area contributed by atoms with Gasteiger partial charge in [-0.25, -0.2) is 22.2 Å². The van der Waals surface area contributed by atoms with Crippen molar-refractivity contribution in [1.82, 2.24) is 9.38 Å². The number of nitrogens with two attached hydrogens (primary N) is 1. The molecule has 220 valence electrons. The smallest absolute Gasteiger partial charge is 0.251 e. The third kappa shape index (κ3) is 5.44. The number of hydrogen-bond donors (Lipinski definition) is 3. The number of fused-ring (bicyclic) bond motifs is 1. The topological polar surface area (TPSA) is 133 Å². The Balaban J connectivity index is 1.54. The van der Waals surface area contributed by atoms with E-state index in [1.807, 2.05) is 16.5 Å². The van der Waals surface area contributed by atoms with E-state index in [0.717, 1.165) is 18.4 Å². The van der Waals surface area contributed by atoms with Gasteiger partial charge in [-0.2, -0.15) is 0 Å². The maximum atomic E-state index is 14.0. The van der Waals surface area contributed by atoms with Crippen LogP contribution < -0.4 is 20.3 Å². The van der Waals surface area contributed by atoms with Gasteiger partial charge in [-0.1, -0.05) is 0 Å². The Morgan fingerprint density at radius 1 is 1.02 bits per heavy atom. The van der Waals surface area contributed by atoms with Crippen LogP contribution in [0.3, 0.4) is 0 Å². The average Bonchev–Trinajstić information content (AvgIpc) is 3.49. The number of nitrogens with zero attached hydrogens (tertiary/aromatic N) is 4. The number of rotatable bonds is 8. The Morgan fingerprint density at radius 2 is 1.71 bits per heavy atom. The zero-order valence-electron chi connectivity index (χ0n) is 22.7. The molecule has 3 fully saturated rings. The second kappa shape index (κ2) is 10.1. The molecule has 41 heavy (non-hydrogen) atoms. The number of amides is 1. The van der Waals surface area contributed by atoms with Crippen molar-refractivity contribution >= 4 is 38.8 Å². The highest BCUT2D eigenvalue weighted by Gasteiger charge is 2.45. The second-order valence-electron chi connectivity index (χ2n) is 11.5. The molecule has 3 aliphatic rings. The number of aromatic nitrogens is 2. The van der Waals surface area contributed by atoms with Crippen molar-refractivity contribution in [3.05, 3.63) is 42.1 Å². The molecule has 2 aliphatic heterocycles. The number of aliphatic hydroxyl groups is 1. The van der Waals surface area contributed by atoms with Gasteiger partial charge in [0.05, 0.1) is 40.5 Å². The van der Waals surface area contributed by atoms with Crippen molar-refractivity contribution in [1.29, 1.82) is 0 Å². The number of benzene rings is 1. The maximum absolute atomic E-state index is 14.0. The number of nitrogens with one attached hydrogen (secondary N) is 1. The van der Waals surface area contributed by atoms with Crippen LogP contribution in [-0.4, -0.2) is 73.3 Å². The Labute approximate surface area is 237 Å². The lowest BCUT2D eigenvalue weighted by molar-refractivity contribution is -0.0223. The van der Waals surface area contributed by atoms with E-state index in [0.29, 0.717) is 41.4 Å². The number of primary amides is 1. The summed E-state index contributed by atoms with van der Waals surface area (Å²) in [4.78, 5) is 21.6. The van der Waals surface area contributed by atoms with Gasteiger partial charge in [0.1, 0.15) is 0 Å². The first-order chi connectivity index (χ1) is 19.5. The lowest BCUT2D eigenvalue weighted by Gasteiger charge is -2.37. The molecule has 1 spiro atoms. The summed E-state index contributed by atoms with van der Waals surface area (Å²) in [5, 5.41) is 9.35. The number of halogens is 2. The van der Waals surface area contributed by atoms with Crippen molar-refractivity contribution in [3.63, 3.8) is 0 Å². The Kier molecular flexibility index (Phi) is 6.84. The largest absolute Gasteiger partial charge is 0.395 e. The molecule has 1 aromatic carbocycles. The molecule has 0 atom stereocenters. The summed E-state index contributed by atoms with van der Waals surface area (Å²) in [6.07, 6.45) is 5.47. The summed E-state index contributed by atoms with van der Waals surface area (Å²) >= 11 is 0. The molecular weight excluding hydrogens is 554 g/mol. The number of sulfonamides is 1. The van der Waals surface area contributed by atoms with Crippen LogP contribution in [0.5, 0.6) is 0 Å². The minimum absolute atomic E-state index is 0.106. The van der Waals surface area contributed by atoms with Crippen molar-refractivity contribution in [2.45, 2.75) is 44.4 Å². The van der Waals surface area contributed by atoms with Gasteiger partial charge in [0.2, 0.25) is 16.0 Å². The van der Waals surface area contributed by atoms with Gasteiger partial charge >= 0.3 is 0 Å². The van der Waals surface area contributed by atoms with Gasteiger partial charge in [-0.05, 0) is 61.4 Å². The molecule has 4 heterocycles. The number of anilines is 3. The van der Waals surface area contributed by atoms with Gasteiger partial charge in [0.15, 0.2) is 0 Å². The van der Waals surface area contributed by atoms with E-state index in [1.54, 1.807) is 17.2 Å². The minimum atomic E-state index is -3.94. The standard InChI is InChI=1S/C28H34F2N6O4S/c29-28(30)9-14-35(15-10-28)26-32-22(18-19-2-1-11-36(19)26)23-21(33-41(39,40)17-16-37)4-3-20(25(31)38)24(23)34-12-7-27(5-6-27)8-13-34/h1-4,11,18,33,37H,5-10,12-17H2,(H2,31,38). The summed E-state index contributed by atoms with van der Waals surface area (Å²) in [7, 11) is -3.94. The Bertz CT molecular complexity index is 1580. The van der Waals surface area contributed by atoms with Crippen molar-refractivity contribution in [2.75, 3.05) is 53.1 Å². The Hall–Kier alpha value is -3.45. The number of carbonyl (C=O) groups is 1. The number of hydrogen-bond acceptors (Lipinski definition) is 7. The zero-order chi connectivity index (χ0) is 29.0. The van der Waals surface area contributed by atoms with Crippen LogP contribution in [0.1, 0.15) is 48.9 Å². The van der Waals surface area contributed by atoms with Gasteiger partial charge < -0.3 is 20.6 Å². The van der Waals surface area contributed by atoms with Crippen molar-refractivity contribution in [2.24, 2.45) is 11.1 Å². The SMILES string of the molecule is NC(=O)c1ccc(NS(=O)(=O)CCO)c(-c2cc3cccn3c(N3CCC(F)(F)CC3)n2)c1N1CCC2(CC1)CC2. The first-order valence-electron chi connectivity index (χ1n) is 13.9. The van der Waals surface area contributed by atoms with E-state index in [9.17, 15) is 27.1 Å². The molecule has 6 rings (SSSR count). The normalized spacial score (nSPS) is 20.0. The molecule has 0 bridgehead atoms. The van der Waals surface area contributed by atoms with Crippen molar-refractivity contribution in [3.8, 4) is 11.3 Å². The van der Waals surface area contributed by atoms with Crippen LogP contribution in [0.25, 0.3) is 16.8 Å². The van der Waals surface area contributed by atoms with E-state index in [2.05, 4.69) is 9.62 Å². The molecule has 3 aromatic rings.